The number of aromatic nitrogens is 3. The zero-order valence-corrected chi connectivity index (χ0v) is 21.7. The summed E-state index contributed by atoms with van der Waals surface area (Å²) in [5.74, 6) is -0.575. The maximum Gasteiger partial charge on any atom is 0.416 e. The Morgan fingerprint density at radius 1 is 1.08 bits per heavy atom. The van der Waals surface area contributed by atoms with E-state index in [1.54, 1.807) is 35.9 Å². The van der Waals surface area contributed by atoms with Gasteiger partial charge in [-0.3, -0.25) is 9.59 Å². The Morgan fingerprint density at radius 3 is 2.36 bits per heavy atom. The van der Waals surface area contributed by atoms with Gasteiger partial charge in [0.1, 0.15) is 0 Å². The lowest BCUT2D eigenvalue weighted by molar-refractivity contribution is -0.137. The molecule has 1 atom stereocenters. The highest BCUT2D eigenvalue weighted by molar-refractivity contribution is 7.99. The standard InChI is InChI=1S/C23H22Cl2F3N5O2S/c1-12(2)19(30-21(35)13-4-7-15(24)8-5-13)20-31-32-22(33(20)3)36-11-18(34)29-17-10-14(23(26,27)28)6-9-16(17)25/h4-10,12,19H,11H2,1-3H3,(H,29,34)(H,30,35)/t19-/m0/s1. The van der Waals surface area contributed by atoms with E-state index in [0.29, 0.717) is 21.6 Å². The molecule has 1 heterocycles. The Morgan fingerprint density at radius 2 is 1.75 bits per heavy atom. The summed E-state index contributed by atoms with van der Waals surface area (Å²) in [5, 5.41) is 14.5. The summed E-state index contributed by atoms with van der Waals surface area (Å²) in [6, 6.07) is 8.69. The van der Waals surface area contributed by atoms with Gasteiger partial charge in [-0.15, -0.1) is 10.2 Å². The van der Waals surface area contributed by atoms with Gasteiger partial charge in [0.05, 0.1) is 28.1 Å². The zero-order chi connectivity index (χ0) is 26.6. The molecule has 3 rings (SSSR count). The van der Waals surface area contributed by atoms with Gasteiger partial charge in [0, 0.05) is 17.6 Å². The van der Waals surface area contributed by atoms with Crippen LogP contribution in [0.3, 0.4) is 0 Å². The van der Waals surface area contributed by atoms with Crippen molar-refractivity contribution in [3.05, 3.63) is 69.5 Å². The second kappa shape index (κ2) is 11.5. The van der Waals surface area contributed by atoms with E-state index in [1.165, 1.54) is 0 Å². The lowest BCUT2D eigenvalue weighted by Gasteiger charge is -2.21. The molecule has 0 unspecified atom stereocenters. The first kappa shape index (κ1) is 27.8. The number of amides is 2. The molecule has 0 spiro atoms. The number of hydrogen-bond donors (Lipinski definition) is 2. The molecule has 0 aliphatic carbocycles. The van der Waals surface area contributed by atoms with Crippen molar-refractivity contribution in [3.63, 3.8) is 0 Å². The van der Waals surface area contributed by atoms with E-state index in [2.05, 4.69) is 20.8 Å². The van der Waals surface area contributed by atoms with Gasteiger partial charge >= 0.3 is 6.18 Å². The van der Waals surface area contributed by atoms with Gasteiger partial charge < -0.3 is 15.2 Å². The molecule has 0 aliphatic heterocycles. The number of alkyl halides is 3. The van der Waals surface area contributed by atoms with Crippen LogP contribution in [0.4, 0.5) is 18.9 Å². The topological polar surface area (TPSA) is 88.9 Å². The Bertz CT molecular complexity index is 1250. The van der Waals surface area contributed by atoms with Crippen LogP contribution in [0, 0.1) is 5.92 Å². The third kappa shape index (κ3) is 6.92. The summed E-state index contributed by atoms with van der Waals surface area (Å²) in [6.07, 6.45) is -4.57. The molecule has 0 radical (unpaired) electrons. The average molecular weight is 560 g/mol. The van der Waals surface area contributed by atoms with Gasteiger partial charge in [-0.1, -0.05) is 48.8 Å². The van der Waals surface area contributed by atoms with Crippen LogP contribution in [0.15, 0.2) is 47.6 Å². The summed E-state index contributed by atoms with van der Waals surface area (Å²) in [4.78, 5) is 25.1. The second-order valence-electron chi connectivity index (χ2n) is 8.13. The number of carbonyl (C=O) groups is 2. The molecular formula is C23H22Cl2F3N5O2S. The Labute approximate surface area is 219 Å². The number of halogens is 5. The van der Waals surface area contributed by atoms with Crippen molar-refractivity contribution >= 4 is 52.5 Å². The fraction of sp³-hybridized carbons (Fsp3) is 0.304. The molecule has 1 aromatic heterocycles. The Balaban J connectivity index is 1.68. The van der Waals surface area contributed by atoms with E-state index in [1.807, 2.05) is 13.8 Å². The van der Waals surface area contributed by atoms with Gasteiger partial charge in [-0.05, 0) is 48.4 Å². The molecule has 0 saturated heterocycles. The second-order valence-corrected chi connectivity index (χ2v) is 9.92. The molecule has 2 amide bonds. The molecule has 0 fully saturated rings. The van der Waals surface area contributed by atoms with Crippen molar-refractivity contribution in [1.29, 1.82) is 0 Å². The van der Waals surface area contributed by atoms with Crippen molar-refractivity contribution in [1.82, 2.24) is 20.1 Å². The van der Waals surface area contributed by atoms with Crippen LogP contribution in [0.1, 0.15) is 41.6 Å². The van der Waals surface area contributed by atoms with Crippen molar-refractivity contribution in [2.75, 3.05) is 11.1 Å². The van der Waals surface area contributed by atoms with Crippen LogP contribution < -0.4 is 10.6 Å². The Kier molecular flexibility index (Phi) is 8.91. The van der Waals surface area contributed by atoms with Gasteiger partial charge in [-0.2, -0.15) is 13.2 Å². The van der Waals surface area contributed by atoms with Crippen molar-refractivity contribution in [2.45, 2.75) is 31.2 Å². The van der Waals surface area contributed by atoms with Crippen LogP contribution in [-0.4, -0.2) is 32.3 Å². The summed E-state index contributed by atoms with van der Waals surface area (Å²) < 4.78 is 40.5. The number of benzene rings is 2. The molecule has 36 heavy (non-hydrogen) atoms. The summed E-state index contributed by atoms with van der Waals surface area (Å²) >= 11 is 12.9. The quantitative estimate of drug-likeness (QED) is 0.330. The predicted molar refractivity (Wildman–Crippen MR) is 133 cm³/mol. The van der Waals surface area contributed by atoms with Crippen LogP contribution in [0.2, 0.25) is 10.0 Å². The Hall–Kier alpha value is -2.76. The number of thioether (sulfide) groups is 1. The van der Waals surface area contributed by atoms with E-state index >= 15 is 0 Å². The highest BCUT2D eigenvalue weighted by Crippen LogP contribution is 2.34. The molecular weight excluding hydrogens is 538 g/mol. The third-order valence-corrected chi connectivity index (χ3v) is 6.71. The molecule has 0 aliphatic rings. The normalized spacial score (nSPS) is 12.5. The largest absolute Gasteiger partial charge is 0.416 e. The molecule has 2 N–H and O–H groups in total. The number of carbonyl (C=O) groups excluding carboxylic acids is 2. The monoisotopic (exact) mass is 559 g/mol. The first-order chi connectivity index (χ1) is 16.9. The summed E-state index contributed by atoms with van der Waals surface area (Å²) in [7, 11) is 1.70. The third-order valence-electron chi connectivity index (χ3n) is 5.11. The molecule has 2 aromatic carbocycles. The minimum atomic E-state index is -4.57. The minimum Gasteiger partial charge on any atom is -0.342 e. The highest BCUT2D eigenvalue weighted by Gasteiger charge is 2.31. The zero-order valence-electron chi connectivity index (χ0n) is 19.4. The lowest BCUT2D eigenvalue weighted by atomic mass is 10.0. The van der Waals surface area contributed by atoms with Crippen molar-refractivity contribution in [3.8, 4) is 0 Å². The van der Waals surface area contributed by atoms with E-state index < -0.39 is 23.7 Å². The SMILES string of the molecule is CC(C)[C@H](NC(=O)c1ccc(Cl)cc1)c1nnc(SCC(=O)Nc2cc(C(F)(F)F)ccc2Cl)n1C. The first-order valence-electron chi connectivity index (χ1n) is 10.6. The van der Waals surface area contributed by atoms with Gasteiger partial charge in [0.15, 0.2) is 11.0 Å². The van der Waals surface area contributed by atoms with Crippen LogP contribution in [-0.2, 0) is 18.0 Å². The number of nitrogens with zero attached hydrogens (tertiary/aromatic N) is 3. The van der Waals surface area contributed by atoms with Gasteiger partial charge in [0.2, 0.25) is 5.91 Å². The predicted octanol–water partition coefficient (Wildman–Crippen LogP) is 6.00. The maximum atomic E-state index is 13.0. The first-order valence-corrected chi connectivity index (χ1v) is 12.4. The fourth-order valence-corrected chi connectivity index (χ4v) is 4.20. The van der Waals surface area contributed by atoms with E-state index in [0.717, 1.165) is 30.0 Å². The summed E-state index contributed by atoms with van der Waals surface area (Å²) in [6.45, 7) is 3.83. The minimum absolute atomic E-state index is 0.0153. The van der Waals surface area contributed by atoms with Crippen LogP contribution >= 0.6 is 35.0 Å². The van der Waals surface area contributed by atoms with Crippen molar-refractivity contribution < 1.29 is 22.8 Å². The molecule has 0 bridgehead atoms. The van der Waals surface area contributed by atoms with E-state index in [4.69, 9.17) is 23.2 Å². The number of rotatable bonds is 8. The number of anilines is 1. The smallest absolute Gasteiger partial charge is 0.342 e. The van der Waals surface area contributed by atoms with Crippen LogP contribution in [0.25, 0.3) is 0 Å². The fourth-order valence-electron chi connectivity index (χ4n) is 3.19. The highest BCUT2D eigenvalue weighted by atomic mass is 35.5. The molecule has 3 aromatic rings. The van der Waals surface area contributed by atoms with Gasteiger partial charge in [0.25, 0.3) is 5.91 Å². The number of hydrogen-bond acceptors (Lipinski definition) is 5. The molecule has 192 valence electrons. The summed E-state index contributed by atoms with van der Waals surface area (Å²) in [5.41, 5.74) is -0.625. The maximum absolute atomic E-state index is 13.0. The van der Waals surface area contributed by atoms with Gasteiger partial charge in [-0.25, -0.2) is 0 Å². The molecule has 7 nitrogen and oxygen atoms in total. The molecule has 13 heteroatoms. The molecule has 0 saturated carbocycles. The van der Waals surface area contributed by atoms with E-state index in [-0.39, 0.29) is 28.3 Å². The number of nitrogens with one attached hydrogen (secondary N) is 2. The van der Waals surface area contributed by atoms with Crippen molar-refractivity contribution in [2.24, 2.45) is 13.0 Å². The average Bonchev–Trinajstić information content (AvgIpc) is 3.16. The van der Waals surface area contributed by atoms with Crippen LogP contribution in [0.5, 0.6) is 0 Å². The van der Waals surface area contributed by atoms with E-state index in [9.17, 15) is 22.8 Å². The lowest BCUT2D eigenvalue weighted by Crippen LogP contribution is -2.33.